The maximum Gasteiger partial charge on any atom is 0.0541 e. The number of fused-ring (bicyclic) bond motifs is 6. The van der Waals surface area contributed by atoms with Crippen molar-refractivity contribution in [3.05, 3.63) is 211 Å². The monoisotopic (exact) mass is 693 g/mol. The van der Waals surface area contributed by atoms with Gasteiger partial charge in [-0.2, -0.15) is 0 Å². The Kier molecular flexibility index (Phi) is 7.82. The first-order valence-electron chi connectivity index (χ1n) is 18.2. The Hall–Kier alpha value is -6.48. The van der Waals surface area contributed by atoms with Crippen LogP contribution in [0.5, 0.6) is 0 Å². The van der Waals surface area contributed by atoms with Crippen LogP contribution in [0.1, 0.15) is 16.7 Å². The minimum absolute atomic E-state index is 0.819. The Morgan fingerprint density at radius 1 is 0.453 bits per heavy atom. The van der Waals surface area contributed by atoms with Crippen molar-refractivity contribution >= 4 is 65.0 Å². The van der Waals surface area contributed by atoms with Crippen LogP contribution in [-0.4, -0.2) is 4.57 Å². The number of allylic oxidation sites excluding steroid dienone is 1. The van der Waals surface area contributed by atoms with Crippen molar-refractivity contribution in [1.29, 1.82) is 0 Å². The summed E-state index contributed by atoms with van der Waals surface area (Å²) in [4.78, 5) is 0. The lowest BCUT2D eigenvalue weighted by molar-refractivity contribution is 1.18. The molecule has 0 atom stereocenters. The molecule has 0 aliphatic carbocycles. The van der Waals surface area contributed by atoms with Crippen molar-refractivity contribution < 1.29 is 0 Å². The van der Waals surface area contributed by atoms with Gasteiger partial charge in [0.15, 0.2) is 0 Å². The Morgan fingerprint density at radius 2 is 1.09 bits per heavy atom. The van der Waals surface area contributed by atoms with E-state index in [1.54, 1.807) is 0 Å². The summed E-state index contributed by atoms with van der Waals surface area (Å²) in [6.07, 6.45) is 3.23. The first-order valence-corrected chi connectivity index (χ1v) is 19.0. The van der Waals surface area contributed by atoms with Gasteiger partial charge in [0.05, 0.1) is 11.0 Å². The van der Waals surface area contributed by atoms with Crippen LogP contribution in [0.3, 0.4) is 0 Å². The summed E-state index contributed by atoms with van der Waals surface area (Å²) < 4.78 is 5.05. The van der Waals surface area contributed by atoms with Crippen LogP contribution < -0.4 is 0 Å². The van der Waals surface area contributed by atoms with E-state index in [0.29, 0.717) is 0 Å². The molecule has 0 aliphatic heterocycles. The van der Waals surface area contributed by atoms with Gasteiger partial charge in [-0.15, -0.1) is 11.3 Å². The Balaban J connectivity index is 1.08. The van der Waals surface area contributed by atoms with Crippen LogP contribution in [0.25, 0.3) is 81.6 Å². The molecule has 8 aromatic carbocycles. The molecule has 0 radical (unpaired) electrons. The molecule has 2 heteroatoms. The molecule has 1 nitrogen and oxygen atoms in total. The lowest BCUT2D eigenvalue weighted by Gasteiger charge is -2.14. The number of rotatable bonds is 7. The van der Waals surface area contributed by atoms with Gasteiger partial charge in [-0.3, -0.25) is 0 Å². The molecule has 10 rings (SSSR count). The van der Waals surface area contributed by atoms with Crippen molar-refractivity contribution in [2.24, 2.45) is 0 Å². The van der Waals surface area contributed by atoms with Crippen molar-refractivity contribution in [2.45, 2.75) is 6.42 Å². The Labute approximate surface area is 313 Å². The van der Waals surface area contributed by atoms with Gasteiger partial charge in [-0.05, 0) is 99.5 Å². The van der Waals surface area contributed by atoms with Gasteiger partial charge in [0, 0.05) is 36.6 Å². The SMILES string of the molecule is C(=C(\Cc1ccc2sc3ccccc3c2c1)c1cccc(-c2ccccc2)c1)/c1ccccc1-c1ccc(-n2c3ccccc3c3ccccc32)cc1. The Morgan fingerprint density at radius 3 is 1.89 bits per heavy atom. The van der Waals surface area contributed by atoms with Gasteiger partial charge in [0.2, 0.25) is 0 Å². The lowest BCUT2D eigenvalue weighted by atomic mass is 9.91. The molecule has 0 bridgehead atoms. The van der Waals surface area contributed by atoms with Crippen LogP contribution in [0, 0.1) is 0 Å². The van der Waals surface area contributed by atoms with E-state index in [1.165, 1.54) is 86.5 Å². The minimum Gasteiger partial charge on any atom is -0.309 e. The molecule has 0 saturated heterocycles. The first-order chi connectivity index (χ1) is 26.3. The average Bonchev–Trinajstić information content (AvgIpc) is 3.77. The molecule has 10 aromatic rings. The third-order valence-electron chi connectivity index (χ3n) is 10.5. The van der Waals surface area contributed by atoms with Gasteiger partial charge in [-0.1, -0.05) is 152 Å². The van der Waals surface area contributed by atoms with Crippen LogP contribution in [-0.2, 0) is 6.42 Å². The van der Waals surface area contributed by atoms with E-state index in [4.69, 9.17) is 0 Å². The predicted octanol–water partition coefficient (Wildman–Crippen LogP) is 14.3. The summed E-state index contributed by atoms with van der Waals surface area (Å²) in [5, 5.41) is 5.22. The molecular weight excluding hydrogens is 659 g/mol. The van der Waals surface area contributed by atoms with Crippen LogP contribution >= 0.6 is 11.3 Å². The zero-order valence-corrected chi connectivity index (χ0v) is 29.9. The molecule has 2 aromatic heterocycles. The highest BCUT2D eigenvalue weighted by atomic mass is 32.1. The van der Waals surface area contributed by atoms with E-state index in [9.17, 15) is 0 Å². The molecule has 53 heavy (non-hydrogen) atoms. The molecule has 0 fully saturated rings. The number of hydrogen-bond donors (Lipinski definition) is 0. The van der Waals surface area contributed by atoms with E-state index in [0.717, 1.165) is 12.1 Å². The third kappa shape index (κ3) is 5.74. The number of nitrogens with zero attached hydrogens (tertiary/aromatic N) is 1. The molecule has 2 heterocycles. The van der Waals surface area contributed by atoms with E-state index >= 15 is 0 Å². The van der Waals surface area contributed by atoms with E-state index in [-0.39, 0.29) is 0 Å². The molecule has 250 valence electrons. The molecule has 0 unspecified atom stereocenters. The number of benzene rings is 8. The van der Waals surface area contributed by atoms with Crippen molar-refractivity contribution in [3.63, 3.8) is 0 Å². The highest BCUT2D eigenvalue weighted by molar-refractivity contribution is 7.25. The minimum atomic E-state index is 0.819. The van der Waals surface area contributed by atoms with Crippen molar-refractivity contribution in [1.82, 2.24) is 4.57 Å². The Bertz CT molecular complexity index is 2910. The number of hydrogen-bond acceptors (Lipinski definition) is 1. The zero-order valence-electron chi connectivity index (χ0n) is 29.1. The van der Waals surface area contributed by atoms with Crippen LogP contribution in [0.4, 0.5) is 0 Å². The quantitative estimate of drug-likeness (QED) is 0.146. The molecule has 0 N–H and O–H groups in total. The summed E-state index contributed by atoms with van der Waals surface area (Å²) in [5.41, 5.74) is 13.5. The summed E-state index contributed by atoms with van der Waals surface area (Å²) in [7, 11) is 0. The smallest absolute Gasteiger partial charge is 0.0541 e. The maximum atomic E-state index is 2.41. The van der Waals surface area contributed by atoms with E-state index in [2.05, 4.69) is 205 Å². The second-order valence-electron chi connectivity index (χ2n) is 13.7. The fourth-order valence-corrected chi connectivity index (χ4v) is 9.02. The van der Waals surface area contributed by atoms with Crippen LogP contribution in [0.15, 0.2) is 194 Å². The van der Waals surface area contributed by atoms with Gasteiger partial charge < -0.3 is 4.57 Å². The summed E-state index contributed by atoms with van der Waals surface area (Å²) in [6.45, 7) is 0. The number of thiophene rings is 1. The number of aromatic nitrogens is 1. The first kappa shape index (κ1) is 31.3. The van der Waals surface area contributed by atoms with E-state index in [1.807, 2.05) is 11.3 Å². The highest BCUT2D eigenvalue weighted by Crippen LogP contribution is 2.37. The van der Waals surface area contributed by atoms with Gasteiger partial charge in [0.25, 0.3) is 0 Å². The van der Waals surface area contributed by atoms with Crippen LogP contribution in [0.2, 0.25) is 0 Å². The fraction of sp³-hybridized carbons (Fsp3) is 0.0196. The second-order valence-corrected chi connectivity index (χ2v) is 14.8. The predicted molar refractivity (Wildman–Crippen MR) is 229 cm³/mol. The average molecular weight is 694 g/mol. The maximum absolute atomic E-state index is 2.41. The summed E-state index contributed by atoms with van der Waals surface area (Å²) in [6, 6.07) is 70.8. The summed E-state index contributed by atoms with van der Waals surface area (Å²) >= 11 is 1.87. The summed E-state index contributed by atoms with van der Waals surface area (Å²) in [5.74, 6) is 0. The van der Waals surface area contributed by atoms with Crippen molar-refractivity contribution in [2.75, 3.05) is 0 Å². The number of para-hydroxylation sites is 2. The molecule has 0 saturated carbocycles. The molecular formula is C51H35NS. The topological polar surface area (TPSA) is 4.93 Å². The second kappa shape index (κ2) is 13.2. The van der Waals surface area contributed by atoms with Crippen molar-refractivity contribution in [3.8, 4) is 27.9 Å². The molecule has 0 amide bonds. The standard InChI is InChI=1S/C51H35NS/c1-2-13-36(14-3-1)38-16-12-17-39(33-38)41(31-35-25-30-51-47(32-35)46-21-8-11-24-50(46)53-51)34-40-15-4-5-18-43(40)37-26-28-42(29-27-37)52-48-22-9-6-19-44(48)45-20-7-10-23-49(45)52/h1-30,32-34H,31H2/b41-34-. The van der Waals surface area contributed by atoms with Gasteiger partial charge >= 0.3 is 0 Å². The highest BCUT2D eigenvalue weighted by Gasteiger charge is 2.14. The molecule has 0 aliphatic rings. The largest absolute Gasteiger partial charge is 0.309 e. The van der Waals surface area contributed by atoms with Gasteiger partial charge in [0.1, 0.15) is 0 Å². The lowest BCUT2D eigenvalue weighted by Crippen LogP contribution is -1.95. The normalized spacial score (nSPS) is 12.0. The molecule has 0 spiro atoms. The van der Waals surface area contributed by atoms with Gasteiger partial charge in [-0.25, -0.2) is 0 Å². The zero-order chi connectivity index (χ0) is 35.1. The fourth-order valence-electron chi connectivity index (χ4n) is 7.93. The van der Waals surface area contributed by atoms with E-state index < -0.39 is 0 Å². The third-order valence-corrected chi connectivity index (χ3v) is 11.6.